The second kappa shape index (κ2) is 7.28. The van der Waals surface area contributed by atoms with Gasteiger partial charge in [-0.1, -0.05) is 19.3 Å². The molecule has 0 spiro atoms. The highest BCUT2D eigenvalue weighted by Gasteiger charge is 2.33. The zero-order valence-corrected chi connectivity index (χ0v) is 12.1. The van der Waals surface area contributed by atoms with Crippen LogP contribution in [0.5, 0.6) is 0 Å². The van der Waals surface area contributed by atoms with Crippen molar-refractivity contribution in [3.63, 3.8) is 0 Å². The van der Waals surface area contributed by atoms with Crippen molar-refractivity contribution in [3.05, 3.63) is 0 Å². The van der Waals surface area contributed by atoms with Crippen LogP contribution in [0.25, 0.3) is 0 Å². The molecule has 3 amide bonds. The Bertz CT molecular complexity index is 407. The fraction of sp³-hybridized carbons (Fsp3) is 0.786. The number of hydrogen-bond donors (Lipinski definition) is 3. The smallest absolute Gasteiger partial charge is 0.326 e. The van der Waals surface area contributed by atoms with Gasteiger partial charge in [-0.2, -0.15) is 0 Å². The molecule has 3 N–H and O–H groups in total. The first-order chi connectivity index (χ1) is 10.1. The van der Waals surface area contributed by atoms with E-state index in [-0.39, 0.29) is 24.5 Å². The summed E-state index contributed by atoms with van der Waals surface area (Å²) < 4.78 is 0. The fourth-order valence-electron chi connectivity index (χ4n) is 3.06. The van der Waals surface area contributed by atoms with Crippen LogP contribution in [0.4, 0.5) is 4.79 Å². The van der Waals surface area contributed by atoms with Crippen molar-refractivity contribution < 1.29 is 19.5 Å². The summed E-state index contributed by atoms with van der Waals surface area (Å²) in [5.74, 6) is -1.31. The zero-order chi connectivity index (χ0) is 15.2. The average molecular weight is 297 g/mol. The molecular weight excluding hydrogens is 274 g/mol. The summed E-state index contributed by atoms with van der Waals surface area (Å²) in [6.07, 6.45) is 6.59. The van der Waals surface area contributed by atoms with Gasteiger partial charge in [-0.25, -0.2) is 9.59 Å². The van der Waals surface area contributed by atoms with E-state index in [0.717, 1.165) is 25.7 Å². The second-order valence-corrected chi connectivity index (χ2v) is 5.75. The molecular formula is C14H23N3O4. The summed E-state index contributed by atoms with van der Waals surface area (Å²) >= 11 is 0. The molecule has 118 valence electrons. The number of urea groups is 1. The van der Waals surface area contributed by atoms with Gasteiger partial charge in [0.25, 0.3) is 0 Å². The number of likely N-dealkylation sites (tertiary alicyclic amines) is 1. The number of carbonyl (C=O) groups excluding carboxylic acids is 2. The summed E-state index contributed by atoms with van der Waals surface area (Å²) in [5, 5.41) is 14.4. The van der Waals surface area contributed by atoms with E-state index in [1.54, 1.807) is 0 Å². The van der Waals surface area contributed by atoms with Gasteiger partial charge in [0.1, 0.15) is 6.04 Å². The number of amides is 3. The Labute approximate surface area is 124 Å². The van der Waals surface area contributed by atoms with E-state index in [1.807, 2.05) is 0 Å². The van der Waals surface area contributed by atoms with Crippen LogP contribution in [0.2, 0.25) is 0 Å². The molecule has 7 nitrogen and oxygen atoms in total. The van der Waals surface area contributed by atoms with Gasteiger partial charge in [0.15, 0.2) is 0 Å². The first-order valence-electron chi connectivity index (χ1n) is 7.64. The lowest BCUT2D eigenvalue weighted by molar-refractivity contribution is -0.147. The molecule has 1 atom stereocenters. The van der Waals surface area contributed by atoms with Crippen LogP contribution in [0, 0.1) is 0 Å². The number of nitrogens with zero attached hydrogens (tertiary/aromatic N) is 1. The molecule has 2 aliphatic rings. The lowest BCUT2D eigenvalue weighted by Crippen LogP contribution is -2.49. The van der Waals surface area contributed by atoms with Crippen LogP contribution in [-0.2, 0) is 9.59 Å². The standard InChI is InChI=1S/C14H23N3O4/c18-12(17-8-4-7-11(17)13(19)20)9-15-14(21)16-10-5-2-1-3-6-10/h10-11H,1-9H2,(H,19,20)(H2,15,16,21)/t11-/m0/s1. The highest BCUT2D eigenvalue weighted by Crippen LogP contribution is 2.18. The predicted octanol–water partition coefficient (Wildman–Crippen LogP) is 0.694. The minimum atomic E-state index is -0.979. The van der Waals surface area contributed by atoms with Crippen molar-refractivity contribution in [3.8, 4) is 0 Å². The van der Waals surface area contributed by atoms with Gasteiger partial charge in [-0.15, -0.1) is 0 Å². The molecule has 0 aromatic carbocycles. The lowest BCUT2D eigenvalue weighted by atomic mass is 9.96. The van der Waals surface area contributed by atoms with Crippen molar-refractivity contribution >= 4 is 17.9 Å². The fourth-order valence-corrected chi connectivity index (χ4v) is 3.06. The Balaban J connectivity index is 1.72. The molecule has 0 unspecified atom stereocenters. The molecule has 21 heavy (non-hydrogen) atoms. The Morgan fingerprint density at radius 3 is 2.43 bits per heavy atom. The van der Waals surface area contributed by atoms with Crippen molar-refractivity contribution in [2.75, 3.05) is 13.1 Å². The SMILES string of the molecule is O=C(NCC(=O)N1CCC[C@H]1C(=O)O)NC1CCCCC1. The molecule has 0 bridgehead atoms. The highest BCUT2D eigenvalue weighted by atomic mass is 16.4. The average Bonchev–Trinajstić information content (AvgIpc) is 2.95. The second-order valence-electron chi connectivity index (χ2n) is 5.75. The van der Waals surface area contributed by atoms with Crippen LogP contribution in [0.1, 0.15) is 44.9 Å². The minimum Gasteiger partial charge on any atom is -0.480 e. The Kier molecular flexibility index (Phi) is 5.41. The number of aliphatic carboxylic acids is 1. The molecule has 0 aromatic rings. The number of nitrogens with one attached hydrogen (secondary N) is 2. The van der Waals surface area contributed by atoms with E-state index in [2.05, 4.69) is 10.6 Å². The zero-order valence-electron chi connectivity index (χ0n) is 12.1. The van der Waals surface area contributed by atoms with Gasteiger partial charge in [-0.3, -0.25) is 4.79 Å². The Hall–Kier alpha value is -1.79. The van der Waals surface area contributed by atoms with Crippen molar-refractivity contribution in [1.82, 2.24) is 15.5 Å². The normalized spacial score (nSPS) is 22.9. The van der Waals surface area contributed by atoms with E-state index in [1.165, 1.54) is 11.3 Å². The van der Waals surface area contributed by atoms with Gasteiger partial charge in [-0.05, 0) is 25.7 Å². The van der Waals surface area contributed by atoms with Gasteiger partial charge >= 0.3 is 12.0 Å². The molecule has 1 aliphatic carbocycles. The van der Waals surface area contributed by atoms with Gasteiger partial charge < -0.3 is 20.6 Å². The number of hydrogen-bond acceptors (Lipinski definition) is 3. The third kappa shape index (κ3) is 4.34. The maximum Gasteiger partial charge on any atom is 0.326 e. The van der Waals surface area contributed by atoms with Gasteiger partial charge in [0.2, 0.25) is 5.91 Å². The van der Waals surface area contributed by atoms with E-state index in [9.17, 15) is 14.4 Å². The molecule has 2 rings (SSSR count). The third-order valence-electron chi connectivity index (χ3n) is 4.20. The monoisotopic (exact) mass is 297 g/mol. The molecule has 0 radical (unpaired) electrons. The molecule has 7 heteroatoms. The van der Waals surface area contributed by atoms with E-state index < -0.39 is 12.0 Å². The van der Waals surface area contributed by atoms with E-state index in [4.69, 9.17) is 5.11 Å². The van der Waals surface area contributed by atoms with Gasteiger partial charge in [0, 0.05) is 12.6 Å². The third-order valence-corrected chi connectivity index (χ3v) is 4.20. The molecule has 1 heterocycles. The van der Waals surface area contributed by atoms with Gasteiger partial charge in [0.05, 0.1) is 6.54 Å². The molecule has 1 saturated heterocycles. The number of carbonyl (C=O) groups is 3. The van der Waals surface area contributed by atoms with E-state index >= 15 is 0 Å². The molecule has 1 aliphatic heterocycles. The number of carboxylic acid groups (broad SMARTS) is 1. The predicted molar refractivity (Wildman–Crippen MR) is 75.8 cm³/mol. The number of carboxylic acids is 1. The van der Waals surface area contributed by atoms with Crippen LogP contribution in [0.15, 0.2) is 0 Å². The Morgan fingerprint density at radius 1 is 1.05 bits per heavy atom. The quantitative estimate of drug-likeness (QED) is 0.711. The summed E-state index contributed by atoms with van der Waals surface area (Å²) in [4.78, 5) is 36.1. The highest BCUT2D eigenvalue weighted by molar-refractivity contribution is 5.88. The van der Waals surface area contributed by atoms with Crippen molar-refractivity contribution in [2.24, 2.45) is 0 Å². The van der Waals surface area contributed by atoms with Crippen LogP contribution >= 0.6 is 0 Å². The molecule has 2 fully saturated rings. The topological polar surface area (TPSA) is 98.7 Å². The summed E-state index contributed by atoms with van der Waals surface area (Å²) in [7, 11) is 0. The maximum atomic E-state index is 12.0. The Morgan fingerprint density at radius 2 is 1.76 bits per heavy atom. The van der Waals surface area contributed by atoms with Crippen molar-refractivity contribution in [1.29, 1.82) is 0 Å². The first kappa shape index (κ1) is 15.6. The minimum absolute atomic E-state index is 0.150. The number of rotatable bonds is 4. The summed E-state index contributed by atoms with van der Waals surface area (Å²) in [5.41, 5.74) is 0. The van der Waals surface area contributed by atoms with E-state index in [0.29, 0.717) is 19.4 Å². The molecule has 1 saturated carbocycles. The summed E-state index contributed by atoms with van der Waals surface area (Å²) in [6, 6.07) is -0.908. The van der Waals surface area contributed by atoms with Crippen LogP contribution in [0.3, 0.4) is 0 Å². The lowest BCUT2D eigenvalue weighted by Gasteiger charge is -2.24. The van der Waals surface area contributed by atoms with Crippen LogP contribution in [-0.4, -0.2) is 53.1 Å². The largest absolute Gasteiger partial charge is 0.480 e. The summed E-state index contributed by atoms with van der Waals surface area (Å²) in [6.45, 7) is 0.296. The maximum absolute atomic E-state index is 12.0. The molecule has 0 aromatic heterocycles. The first-order valence-corrected chi connectivity index (χ1v) is 7.64. The van der Waals surface area contributed by atoms with Crippen LogP contribution < -0.4 is 10.6 Å². The van der Waals surface area contributed by atoms with Crippen molar-refractivity contribution in [2.45, 2.75) is 57.0 Å².